The number of hydrogen-bond acceptors (Lipinski definition) is 7. The van der Waals surface area contributed by atoms with Gasteiger partial charge in [-0.3, -0.25) is 19.1 Å². The van der Waals surface area contributed by atoms with E-state index in [0.717, 1.165) is 5.56 Å². The molecule has 4 rings (SSSR count). The van der Waals surface area contributed by atoms with Crippen molar-refractivity contribution in [3.8, 4) is 11.5 Å². The van der Waals surface area contributed by atoms with Crippen LogP contribution < -0.4 is 15.6 Å². The fourth-order valence-corrected chi connectivity index (χ4v) is 3.69. The summed E-state index contributed by atoms with van der Waals surface area (Å²) < 4.78 is 25.3. The number of nitrogens with zero attached hydrogens (tertiary/aromatic N) is 2. The van der Waals surface area contributed by atoms with Gasteiger partial charge in [-0.25, -0.2) is 9.18 Å². The van der Waals surface area contributed by atoms with Gasteiger partial charge in [0.15, 0.2) is 23.2 Å². The molecule has 3 heterocycles. The van der Waals surface area contributed by atoms with Gasteiger partial charge >= 0.3 is 5.97 Å². The number of carbonyl (C=O) groups excluding carboxylic acids is 2. The second-order valence-corrected chi connectivity index (χ2v) is 7.19. The molecule has 166 valence electrons. The summed E-state index contributed by atoms with van der Waals surface area (Å²) >= 11 is 0. The average molecular weight is 441 g/mol. The number of esters is 1. The minimum Gasteiger partial charge on any atom is -0.505 e. The first-order chi connectivity index (χ1) is 15.3. The van der Waals surface area contributed by atoms with Crippen LogP contribution >= 0.6 is 0 Å². The Balaban J connectivity index is 1.95. The zero-order chi connectivity index (χ0) is 23.0. The van der Waals surface area contributed by atoms with Crippen LogP contribution in [0.2, 0.25) is 0 Å². The number of benzene rings is 1. The van der Waals surface area contributed by atoms with Crippen molar-refractivity contribution >= 4 is 22.9 Å². The first kappa shape index (κ1) is 21.3. The standard InChI is InChI=1S/C22H20FN3O6/c1-3-31-22(30)15-18(27)16-17-19(32-14(20(28)24-2)10-26(17)21(15)29)12(9-25-16)8-11-4-6-13(23)7-5-11/h4-7,9,14,27H,3,8,10H2,1-2H3,(H,24,28)/t14-/m0/s1. The van der Waals surface area contributed by atoms with E-state index in [1.165, 1.54) is 29.9 Å². The van der Waals surface area contributed by atoms with Crippen molar-refractivity contribution in [2.45, 2.75) is 26.0 Å². The lowest BCUT2D eigenvalue weighted by molar-refractivity contribution is -0.128. The van der Waals surface area contributed by atoms with Gasteiger partial charge in [0.1, 0.15) is 16.9 Å². The predicted molar refractivity (Wildman–Crippen MR) is 111 cm³/mol. The van der Waals surface area contributed by atoms with Crippen molar-refractivity contribution in [2.24, 2.45) is 0 Å². The molecule has 10 heteroatoms. The first-order valence-electron chi connectivity index (χ1n) is 9.92. The topological polar surface area (TPSA) is 120 Å². The summed E-state index contributed by atoms with van der Waals surface area (Å²) in [5.41, 5.74) is 0.0420. The predicted octanol–water partition coefficient (Wildman–Crippen LogP) is 1.52. The lowest BCUT2D eigenvalue weighted by Crippen LogP contribution is -2.45. The van der Waals surface area contributed by atoms with Crippen molar-refractivity contribution < 1.29 is 28.6 Å². The number of amides is 1. The fraction of sp³-hybridized carbons (Fsp3) is 0.273. The van der Waals surface area contributed by atoms with Gasteiger partial charge in [-0.15, -0.1) is 0 Å². The number of aromatic hydroxyl groups is 1. The summed E-state index contributed by atoms with van der Waals surface area (Å²) in [5.74, 6) is -2.26. The molecule has 2 N–H and O–H groups in total. The van der Waals surface area contributed by atoms with Crippen molar-refractivity contribution in [3.63, 3.8) is 0 Å². The highest BCUT2D eigenvalue weighted by molar-refractivity contribution is 6.00. The lowest BCUT2D eigenvalue weighted by Gasteiger charge is -2.28. The van der Waals surface area contributed by atoms with E-state index < -0.39 is 34.9 Å². The molecule has 0 unspecified atom stereocenters. The lowest BCUT2D eigenvalue weighted by atomic mass is 10.0. The van der Waals surface area contributed by atoms with Crippen LogP contribution in [0.5, 0.6) is 11.5 Å². The number of pyridine rings is 2. The molecule has 2 aromatic heterocycles. The maximum absolute atomic E-state index is 13.3. The van der Waals surface area contributed by atoms with E-state index >= 15 is 0 Å². The minimum atomic E-state index is -1.05. The molecular formula is C22H20FN3O6. The summed E-state index contributed by atoms with van der Waals surface area (Å²) in [6, 6.07) is 5.83. The highest BCUT2D eigenvalue weighted by Crippen LogP contribution is 2.37. The maximum atomic E-state index is 13.3. The smallest absolute Gasteiger partial charge is 0.347 e. The van der Waals surface area contributed by atoms with Crippen LogP contribution in [0.4, 0.5) is 4.39 Å². The summed E-state index contributed by atoms with van der Waals surface area (Å²) in [6.07, 6.45) is 0.645. The number of rotatable bonds is 5. The molecule has 1 aromatic carbocycles. The number of nitrogens with one attached hydrogen (secondary N) is 1. The quantitative estimate of drug-likeness (QED) is 0.576. The van der Waals surface area contributed by atoms with Crippen molar-refractivity contribution in [1.29, 1.82) is 0 Å². The minimum absolute atomic E-state index is 0.00894. The van der Waals surface area contributed by atoms with E-state index in [-0.39, 0.29) is 42.2 Å². The third-order valence-electron chi connectivity index (χ3n) is 5.21. The van der Waals surface area contributed by atoms with Gasteiger partial charge < -0.3 is 19.9 Å². The highest BCUT2D eigenvalue weighted by Gasteiger charge is 2.34. The molecule has 0 fully saturated rings. The molecule has 1 aliphatic heterocycles. The summed E-state index contributed by atoms with van der Waals surface area (Å²) in [4.78, 5) is 42.1. The zero-order valence-electron chi connectivity index (χ0n) is 17.3. The summed E-state index contributed by atoms with van der Waals surface area (Å²) in [7, 11) is 1.44. The highest BCUT2D eigenvalue weighted by atomic mass is 19.1. The van der Waals surface area contributed by atoms with Crippen molar-refractivity contribution in [2.75, 3.05) is 13.7 Å². The molecule has 1 atom stereocenters. The van der Waals surface area contributed by atoms with Gasteiger partial charge in [-0.05, 0) is 24.6 Å². The Hall–Kier alpha value is -3.95. The second-order valence-electron chi connectivity index (χ2n) is 7.19. The molecular weight excluding hydrogens is 421 g/mol. The Morgan fingerprint density at radius 1 is 1.34 bits per heavy atom. The number of likely N-dealkylation sites (N-methyl/N-ethyl adjacent to an activating group) is 1. The van der Waals surface area contributed by atoms with E-state index in [2.05, 4.69) is 10.3 Å². The van der Waals surface area contributed by atoms with Gasteiger partial charge in [-0.1, -0.05) is 12.1 Å². The summed E-state index contributed by atoms with van der Waals surface area (Å²) in [6.45, 7) is 1.40. The van der Waals surface area contributed by atoms with Crippen LogP contribution in [0, 0.1) is 5.82 Å². The molecule has 0 aliphatic carbocycles. The van der Waals surface area contributed by atoms with Crippen molar-refractivity contribution in [1.82, 2.24) is 14.9 Å². The Morgan fingerprint density at radius 2 is 2.06 bits per heavy atom. The first-order valence-corrected chi connectivity index (χ1v) is 9.92. The van der Waals surface area contributed by atoms with Crippen LogP contribution in [0.3, 0.4) is 0 Å². The number of hydrogen-bond donors (Lipinski definition) is 2. The van der Waals surface area contributed by atoms with Gasteiger partial charge in [0, 0.05) is 25.2 Å². The molecule has 0 spiro atoms. The molecule has 0 radical (unpaired) electrons. The monoisotopic (exact) mass is 441 g/mol. The molecule has 0 saturated heterocycles. The Morgan fingerprint density at radius 3 is 2.72 bits per heavy atom. The van der Waals surface area contributed by atoms with E-state index in [0.29, 0.717) is 5.56 Å². The van der Waals surface area contributed by atoms with Gasteiger partial charge in [0.2, 0.25) is 0 Å². The average Bonchev–Trinajstić information content (AvgIpc) is 2.79. The number of carbonyl (C=O) groups is 2. The number of aromatic nitrogens is 2. The fourth-order valence-electron chi connectivity index (χ4n) is 3.69. The SMILES string of the molecule is CCOC(=O)c1c(O)c2ncc(Cc3ccc(F)cc3)c3c2n(c1=O)C[C@@H](C(=O)NC)O3. The maximum Gasteiger partial charge on any atom is 0.347 e. The summed E-state index contributed by atoms with van der Waals surface area (Å²) in [5, 5.41) is 13.2. The van der Waals surface area contributed by atoms with Crippen LogP contribution in [0.1, 0.15) is 28.4 Å². The molecule has 1 amide bonds. The zero-order valence-corrected chi connectivity index (χ0v) is 17.3. The Kier molecular flexibility index (Phi) is 5.52. The molecule has 1 aliphatic rings. The van der Waals surface area contributed by atoms with Crippen LogP contribution in [-0.2, 0) is 22.5 Å². The normalized spacial score (nSPS) is 14.7. The Labute approximate surface area is 181 Å². The molecule has 0 bridgehead atoms. The number of ether oxygens (including phenoxy) is 2. The van der Waals surface area contributed by atoms with Gasteiger partial charge in [-0.2, -0.15) is 0 Å². The van der Waals surface area contributed by atoms with E-state index in [1.807, 2.05) is 0 Å². The van der Waals surface area contributed by atoms with Crippen LogP contribution in [0.25, 0.3) is 11.0 Å². The van der Waals surface area contributed by atoms with Crippen LogP contribution in [0.15, 0.2) is 35.3 Å². The molecule has 32 heavy (non-hydrogen) atoms. The van der Waals surface area contributed by atoms with Crippen LogP contribution in [-0.4, -0.2) is 46.3 Å². The van der Waals surface area contributed by atoms with Gasteiger partial charge in [0.25, 0.3) is 11.5 Å². The third kappa shape index (κ3) is 3.53. The van der Waals surface area contributed by atoms with E-state index in [9.17, 15) is 23.9 Å². The van der Waals surface area contributed by atoms with E-state index in [1.54, 1.807) is 19.1 Å². The third-order valence-corrected chi connectivity index (χ3v) is 5.21. The molecule has 3 aromatic rings. The molecule has 9 nitrogen and oxygen atoms in total. The Bertz CT molecular complexity index is 1290. The largest absolute Gasteiger partial charge is 0.505 e. The molecule has 0 saturated carbocycles. The van der Waals surface area contributed by atoms with Gasteiger partial charge in [0.05, 0.1) is 13.2 Å². The second kappa shape index (κ2) is 8.29. The van der Waals surface area contributed by atoms with Crippen molar-refractivity contribution in [3.05, 3.63) is 63.3 Å². The number of halogens is 1. The van der Waals surface area contributed by atoms with E-state index in [4.69, 9.17) is 9.47 Å².